The van der Waals surface area contributed by atoms with Gasteiger partial charge in [0.2, 0.25) is 0 Å². The van der Waals surface area contributed by atoms with Crippen LogP contribution in [-0.2, 0) is 6.54 Å². The fourth-order valence-corrected chi connectivity index (χ4v) is 1.39. The van der Waals surface area contributed by atoms with Crippen LogP contribution in [0, 0.1) is 0 Å². The third-order valence-corrected chi connectivity index (χ3v) is 2.33. The number of hydrogen-bond donors (Lipinski definition) is 2. The summed E-state index contributed by atoms with van der Waals surface area (Å²) in [6.45, 7) is 0.393. The van der Waals surface area contributed by atoms with E-state index >= 15 is 0 Å². The molecule has 2 aromatic rings. The van der Waals surface area contributed by atoms with Crippen LogP contribution in [0.25, 0.3) is 0 Å². The standard InChI is InChI=1S/C10H8ClN3O3/c11-8-5-13-9(3-7(8)10(15)16)12-4-6-1-2-17-14-6/h1-3,5H,4H2,(H,12,13)(H,15,16). The van der Waals surface area contributed by atoms with Crippen molar-refractivity contribution in [1.82, 2.24) is 10.1 Å². The molecule has 0 aliphatic heterocycles. The Balaban J connectivity index is 2.11. The summed E-state index contributed by atoms with van der Waals surface area (Å²) in [6.07, 6.45) is 2.74. The molecule has 0 bridgehead atoms. The summed E-state index contributed by atoms with van der Waals surface area (Å²) in [5, 5.41) is 15.6. The molecule has 6 nitrogen and oxygen atoms in total. The first-order chi connectivity index (χ1) is 8.16. The number of carboxylic acid groups (broad SMARTS) is 1. The van der Waals surface area contributed by atoms with Crippen molar-refractivity contribution in [3.63, 3.8) is 0 Å². The highest BCUT2D eigenvalue weighted by atomic mass is 35.5. The number of nitrogens with one attached hydrogen (secondary N) is 1. The number of hydrogen-bond acceptors (Lipinski definition) is 5. The van der Waals surface area contributed by atoms with Gasteiger partial charge in [0.15, 0.2) is 0 Å². The Morgan fingerprint density at radius 1 is 1.59 bits per heavy atom. The lowest BCUT2D eigenvalue weighted by Crippen LogP contribution is -2.04. The number of nitrogens with zero attached hydrogens (tertiary/aromatic N) is 2. The highest BCUT2D eigenvalue weighted by molar-refractivity contribution is 6.33. The van der Waals surface area contributed by atoms with Crippen LogP contribution in [0.2, 0.25) is 5.02 Å². The lowest BCUT2D eigenvalue weighted by atomic mass is 10.2. The van der Waals surface area contributed by atoms with E-state index in [9.17, 15) is 4.79 Å². The van der Waals surface area contributed by atoms with Crippen molar-refractivity contribution in [1.29, 1.82) is 0 Å². The molecule has 0 aliphatic carbocycles. The molecule has 0 amide bonds. The van der Waals surface area contributed by atoms with Crippen molar-refractivity contribution < 1.29 is 14.4 Å². The van der Waals surface area contributed by atoms with Crippen molar-refractivity contribution in [3.05, 3.63) is 40.9 Å². The minimum Gasteiger partial charge on any atom is -0.478 e. The molecule has 0 aromatic carbocycles. The zero-order valence-electron chi connectivity index (χ0n) is 8.55. The maximum atomic E-state index is 10.8. The zero-order valence-corrected chi connectivity index (χ0v) is 9.31. The van der Waals surface area contributed by atoms with E-state index in [-0.39, 0.29) is 10.6 Å². The maximum Gasteiger partial charge on any atom is 0.337 e. The second-order valence-electron chi connectivity index (χ2n) is 3.20. The number of aromatic nitrogens is 2. The summed E-state index contributed by atoms with van der Waals surface area (Å²) in [4.78, 5) is 14.8. The molecule has 0 saturated carbocycles. The molecule has 2 rings (SSSR count). The molecule has 2 N–H and O–H groups in total. The molecule has 2 heterocycles. The molecule has 0 saturated heterocycles. The summed E-state index contributed by atoms with van der Waals surface area (Å²) >= 11 is 5.69. The van der Waals surface area contributed by atoms with Gasteiger partial charge in [0.25, 0.3) is 0 Å². The largest absolute Gasteiger partial charge is 0.478 e. The molecular formula is C10H8ClN3O3. The van der Waals surface area contributed by atoms with Crippen LogP contribution in [0.4, 0.5) is 5.82 Å². The van der Waals surface area contributed by atoms with Gasteiger partial charge in [0.1, 0.15) is 17.8 Å². The van der Waals surface area contributed by atoms with E-state index in [1.165, 1.54) is 18.5 Å². The minimum absolute atomic E-state index is 0.00400. The second kappa shape index (κ2) is 4.84. The molecule has 0 atom stereocenters. The predicted molar refractivity (Wildman–Crippen MR) is 60.0 cm³/mol. The minimum atomic E-state index is -1.10. The van der Waals surface area contributed by atoms with E-state index in [0.29, 0.717) is 18.1 Å². The first-order valence-corrected chi connectivity index (χ1v) is 5.06. The molecule has 0 fully saturated rings. The topological polar surface area (TPSA) is 88.2 Å². The quantitative estimate of drug-likeness (QED) is 0.867. The number of carboxylic acids is 1. The summed E-state index contributed by atoms with van der Waals surface area (Å²) in [7, 11) is 0. The van der Waals surface area contributed by atoms with Crippen molar-refractivity contribution >= 4 is 23.4 Å². The summed E-state index contributed by atoms with van der Waals surface area (Å²) < 4.78 is 4.66. The third kappa shape index (κ3) is 2.73. The van der Waals surface area contributed by atoms with Crippen molar-refractivity contribution in [3.8, 4) is 0 Å². The average Bonchev–Trinajstić information content (AvgIpc) is 2.80. The van der Waals surface area contributed by atoms with Gasteiger partial charge in [-0.05, 0) is 6.07 Å². The van der Waals surface area contributed by atoms with Crippen LogP contribution in [0.5, 0.6) is 0 Å². The molecule has 17 heavy (non-hydrogen) atoms. The van der Waals surface area contributed by atoms with Crippen molar-refractivity contribution in [2.75, 3.05) is 5.32 Å². The van der Waals surface area contributed by atoms with Crippen LogP contribution >= 0.6 is 11.6 Å². The third-order valence-electron chi connectivity index (χ3n) is 2.03. The van der Waals surface area contributed by atoms with Crippen LogP contribution in [0.15, 0.2) is 29.1 Å². The first-order valence-electron chi connectivity index (χ1n) is 4.69. The fourth-order valence-electron chi connectivity index (χ4n) is 1.21. The number of anilines is 1. The smallest absolute Gasteiger partial charge is 0.337 e. The summed E-state index contributed by atoms with van der Waals surface area (Å²) in [5.41, 5.74) is 0.697. The van der Waals surface area contributed by atoms with Crippen molar-refractivity contribution in [2.45, 2.75) is 6.54 Å². The van der Waals surface area contributed by atoms with Gasteiger partial charge in [-0.2, -0.15) is 0 Å². The molecule has 0 spiro atoms. The van der Waals surface area contributed by atoms with E-state index in [1.807, 2.05) is 0 Å². The van der Waals surface area contributed by atoms with E-state index in [0.717, 1.165) is 0 Å². The van der Waals surface area contributed by atoms with Gasteiger partial charge >= 0.3 is 5.97 Å². The number of rotatable bonds is 4. The van der Waals surface area contributed by atoms with Gasteiger partial charge in [-0.1, -0.05) is 16.8 Å². The molecule has 0 radical (unpaired) electrons. The highest BCUT2D eigenvalue weighted by Crippen LogP contribution is 2.18. The van der Waals surface area contributed by atoms with Gasteiger partial charge in [-0.3, -0.25) is 0 Å². The maximum absolute atomic E-state index is 10.8. The van der Waals surface area contributed by atoms with E-state index in [2.05, 4.69) is 20.0 Å². The zero-order chi connectivity index (χ0) is 12.3. The normalized spacial score (nSPS) is 10.2. The number of aromatic carboxylic acids is 1. The van der Waals surface area contributed by atoms with Gasteiger partial charge in [0, 0.05) is 12.3 Å². The molecule has 7 heteroatoms. The van der Waals surface area contributed by atoms with Crippen LogP contribution in [-0.4, -0.2) is 21.2 Å². The van der Waals surface area contributed by atoms with E-state index < -0.39 is 5.97 Å². The number of carbonyl (C=O) groups is 1. The molecule has 0 aliphatic rings. The Labute approximate surface area is 101 Å². The number of halogens is 1. The molecule has 88 valence electrons. The SMILES string of the molecule is O=C(O)c1cc(NCc2ccon2)ncc1Cl. The monoisotopic (exact) mass is 253 g/mol. The molecular weight excluding hydrogens is 246 g/mol. The van der Waals surface area contributed by atoms with E-state index in [1.54, 1.807) is 6.07 Å². The van der Waals surface area contributed by atoms with Gasteiger partial charge in [-0.15, -0.1) is 0 Å². The van der Waals surface area contributed by atoms with Gasteiger partial charge < -0.3 is 14.9 Å². The summed E-state index contributed by atoms with van der Waals surface area (Å²) in [6, 6.07) is 3.06. The molecule has 2 aromatic heterocycles. The fraction of sp³-hybridized carbons (Fsp3) is 0.100. The van der Waals surface area contributed by atoms with Crippen LogP contribution in [0.1, 0.15) is 16.1 Å². The lowest BCUT2D eigenvalue weighted by molar-refractivity contribution is 0.0697. The van der Waals surface area contributed by atoms with Crippen molar-refractivity contribution in [2.24, 2.45) is 0 Å². The van der Waals surface area contributed by atoms with Crippen LogP contribution in [0.3, 0.4) is 0 Å². The Morgan fingerprint density at radius 2 is 2.41 bits per heavy atom. The average molecular weight is 254 g/mol. The molecule has 0 unspecified atom stereocenters. The Kier molecular flexibility index (Phi) is 3.24. The highest BCUT2D eigenvalue weighted by Gasteiger charge is 2.10. The Morgan fingerprint density at radius 3 is 3.06 bits per heavy atom. The second-order valence-corrected chi connectivity index (χ2v) is 3.61. The van der Waals surface area contributed by atoms with Gasteiger partial charge in [-0.25, -0.2) is 9.78 Å². The first kappa shape index (κ1) is 11.4. The van der Waals surface area contributed by atoms with E-state index in [4.69, 9.17) is 16.7 Å². The summed E-state index contributed by atoms with van der Waals surface area (Å²) in [5.74, 6) is -0.684. The van der Waals surface area contributed by atoms with Crippen LogP contribution < -0.4 is 5.32 Å². The number of pyridine rings is 1. The lowest BCUT2D eigenvalue weighted by Gasteiger charge is -2.05. The Bertz CT molecular complexity index is 528. The van der Waals surface area contributed by atoms with Gasteiger partial charge in [0.05, 0.1) is 17.1 Å². The Hall–Kier alpha value is -2.08. The predicted octanol–water partition coefficient (Wildman–Crippen LogP) is 2.03.